The minimum Gasteiger partial charge on any atom is -0.375 e. The number of thiocarbonyl (C=S) groups is 1. The van der Waals surface area contributed by atoms with Gasteiger partial charge in [-0.3, -0.25) is 10.3 Å². The second kappa shape index (κ2) is 7.36. The third-order valence-electron chi connectivity index (χ3n) is 3.75. The molecule has 1 unspecified atom stereocenters. The fourth-order valence-electron chi connectivity index (χ4n) is 2.58. The van der Waals surface area contributed by atoms with Crippen molar-refractivity contribution in [2.75, 3.05) is 6.54 Å². The number of piperidine rings is 1. The first-order valence-electron chi connectivity index (χ1n) is 7.07. The maximum Gasteiger partial charge on any atom is 0.184 e. The number of hydrazone groups is 1. The smallest absolute Gasteiger partial charge is 0.184 e. The molecule has 3 N–H and O–H groups in total. The minimum absolute atomic E-state index is 0.184. The Bertz CT molecular complexity index is 487. The molecule has 20 heavy (non-hydrogen) atoms. The van der Waals surface area contributed by atoms with Gasteiger partial charge in [-0.25, -0.2) is 0 Å². The summed E-state index contributed by atoms with van der Waals surface area (Å²) in [5.41, 5.74) is 10.4. The summed E-state index contributed by atoms with van der Waals surface area (Å²) in [6.45, 7) is 4.46. The van der Waals surface area contributed by atoms with E-state index in [2.05, 4.69) is 40.5 Å². The first-order valence-corrected chi connectivity index (χ1v) is 7.48. The number of rotatable bonds is 4. The van der Waals surface area contributed by atoms with E-state index in [1.54, 1.807) is 6.21 Å². The first kappa shape index (κ1) is 14.9. The quantitative estimate of drug-likeness (QED) is 0.507. The van der Waals surface area contributed by atoms with Gasteiger partial charge in [0.25, 0.3) is 0 Å². The van der Waals surface area contributed by atoms with Gasteiger partial charge in [0.2, 0.25) is 0 Å². The van der Waals surface area contributed by atoms with E-state index >= 15 is 0 Å². The van der Waals surface area contributed by atoms with Gasteiger partial charge in [-0.2, -0.15) is 5.10 Å². The Hall–Kier alpha value is -1.46. The van der Waals surface area contributed by atoms with Gasteiger partial charge in [0.05, 0.1) is 6.21 Å². The highest BCUT2D eigenvalue weighted by Crippen LogP contribution is 2.20. The topological polar surface area (TPSA) is 53.6 Å². The van der Waals surface area contributed by atoms with Gasteiger partial charge in [-0.15, -0.1) is 0 Å². The lowest BCUT2D eigenvalue weighted by atomic mass is 10.0. The van der Waals surface area contributed by atoms with Gasteiger partial charge in [-0.1, -0.05) is 30.7 Å². The number of nitrogens with one attached hydrogen (secondary N) is 1. The van der Waals surface area contributed by atoms with Gasteiger partial charge < -0.3 is 5.73 Å². The Morgan fingerprint density at radius 3 is 3.05 bits per heavy atom. The zero-order valence-corrected chi connectivity index (χ0v) is 12.7. The summed E-state index contributed by atoms with van der Waals surface area (Å²) >= 11 is 4.73. The Labute approximate surface area is 126 Å². The lowest BCUT2D eigenvalue weighted by Gasteiger charge is -2.33. The van der Waals surface area contributed by atoms with Crippen LogP contribution in [0.2, 0.25) is 0 Å². The lowest BCUT2D eigenvalue weighted by Crippen LogP contribution is -2.37. The molecule has 0 amide bonds. The van der Waals surface area contributed by atoms with Crippen LogP contribution in [0.15, 0.2) is 29.4 Å². The molecular weight excluding hydrogens is 268 g/mol. The van der Waals surface area contributed by atoms with Crippen LogP contribution >= 0.6 is 12.2 Å². The second-order valence-corrected chi connectivity index (χ2v) is 5.69. The number of benzene rings is 1. The van der Waals surface area contributed by atoms with Crippen molar-refractivity contribution in [2.24, 2.45) is 10.8 Å². The molecule has 1 aliphatic rings. The van der Waals surface area contributed by atoms with Crippen molar-refractivity contribution in [1.29, 1.82) is 0 Å². The van der Waals surface area contributed by atoms with E-state index < -0.39 is 0 Å². The average Bonchev–Trinajstić information content (AvgIpc) is 2.43. The van der Waals surface area contributed by atoms with Crippen molar-refractivity contribution in [3.63, 3.8) is 0 Å². The molecule has 1 atom stereocenters. The summed E-state index contributed by atoms with van der Waals surface area (Å²) < 4.78 is 0. The van der Waals surface area contributed by atoms with Crippen LogP contribution in [0.25, 0.3) is 0 Å². The largest absolute Gasteiger partial charge is 0.375 e. The van der Waals surface area contributed by atoms with Crippen LogP contribution in [0.4, 0.5) is 0 Å². The summed E-state index contributed by atoms with van der Waals surface area (Å²) in [5.74, 6) is 0. The van der Waals surface area contributed by atoms with Gasteiger partial charge >= 0.3 is 0 Å². The van der Waals surface area contributed by atoms with Gasteiger partial charge in [0.1, 0.15) is 0 Å². The number of nitrogens with two attached hydrogens (primary N) is 1. The Morgan fingerprint density at radius 1 is 1.50 bits per heavy atom. The molecule has 1 aromatic rings. The van der Waals surface area contributed by atoms with E-state index in [1.165, 1.54) is 31.4 Å². The van der Waals surface area contributed by atoms with Crippen LogP contribution in [0.3, 0.4) is 0 Å². The molecule has 1 fully saturated rings. The zero-order chi connectivity index (χ0) is 14.4. The Kier molecular flexibility index (Phi) is 5.49. The molecule has 4 nitrogen and oxygen atoms in total. The van der Waals surface area contributed by atoms with E-state index in [0.29, 0.717) is 6.04 Å². The molecule has 1 saturated heterocycles. The molecule has 1 aliphatic heterocycles. The summed E-state index contributed by atoms with van der Waals surface area (Å²) in [4.78, 5) is 2.54. The van der Waals surface area contributed by atoms with Crippen LogP contribution in [0.5, 0.6) is 0 Å². The van der Waals surface area contributed by atoms with E-state index in [-0.39, 0.29) is 5.11 Å². The van der Waals surface area contributed by atoms with Crippen LogP contribution in [0.1, 0.15) is 37.3 Å². The lowest BCUT2D eigenvalue weighted by molar-refractivity contribution is 0.152. The maximum atomic E-state index is 5.36. The minimum atomic E-state index is 0.184. The standard InChI is InChI=1S/C15H22N4S/c1-12-6-4-5-9-19(12)11-14-8-3-2-7-13(14)10-17-18-15(16)20/h2-3,7-8,10,12H,4-6,9,11H2,1H3,(H3,16,18,20). The number of likely N-dealkylation sites (tertiary alicyclic amines) is 1. The van der Waals surface area contributed by atoms with Crippen LogP contribution < -0.4 is 11.2 Å². The van der Waals surface area contributed by atoms with E-state index in [9.17, 15) is 0 Å². The first-order chi connectivity index (χ1) is 9.66. The third kappa shape index (κ3) is 4.28. The highest BCUT2D eigenvalue weighted by molar-refractivity contribution is 7.80. The highest BCUT2D eigenvalue weighted by Gasteiger charge is 2.18. The van der Waals surface area contributed by atoms with Crippen molar-refractivity contribution >= 4 is 23.5 Å². The number of hydrogen-bond donors (Lipinski definition) is 2. The van der Waals surface area contributed by atoms with Gasteiger partial charge in [0, 0.05) is 12.6 Å². The number of hydrogen-bond acceptors (Lipinski definition) is 3. The summed E-state index contributed by atoms with van der Waals surface area (Å²) in [7, 11) is 0. The van der Waals surface area contributed by atoms with E-state index in [0.717, 1.165) is 12.1 Å². The normalized spacial score (nSPS) is 20.1. The molecule has 0 spiro atoms. The molecule has 5 heteroatoms. The summed E-state index contributed by atoms with van der Waals surface area (Å²) in [6, 6.07) is 8.97. The highest BCUT2D eigenvalue weighted by atomic mass is 32.1. The van der Waals surface area contributed by atoms with Crippen molar-refractivity contribution in [1.82, 2.24) is 10.3 Å². The predicted molar refractivity (Wildman–Crippen MR) is 87.7 cm³/mol. The fourth-order valence-corrected chi connectivity index (χ4v) is 2.63. The van der Waals surface area contributed by atoms with Crippen molar-refractivity contribution < 1.29 is 0 Å². The Morgan fingerprint density at radius 2 is 2.30 bits per heavy atom. The van der Waals surface area contributed by atoms with Gasteiger partial charge in [-0.05, 0) is 49.7 Å². The van der Waals surface area contributed by atoms with Crippen molar-refractivity contribution in [3.05, 3.63) is 35.4 Å². The molecule has 108 valence electrons. The van der Waals surface area contributed by atoms with E-state index in [4.69, 9.17) is 18.0 Å². The summed E-state index contributed by atoms with van der Waals surface area (Å²) in [5, 5.41) is 4.24. The third-order valence-corrected chi connectivity index (χ3v) is 3.84. The molecule has 0 aliphatic carbocycles. The molecule has 1 heterocycles. The van der Waals surface area contributed by atoms with Crippen molar-refractivity contribution in [2.45, 2.75) is 38.8 Å². The Balaban J connectivity index is 2.07. The van der Waals surface area contributed by atoms with Crippen LogP contribution in [0, 0.1) is 0 Å². The molecule has 2 rings (SSSR count). The molecule has 1 aromatic carbocycles. The van der Waals surface area contributed by atoms with Gasteiger partial charge in [0.15, 0.2) is 5.11 Å². The molecular formula is C15H22N4S. The monoisotopic (exact) mass is 290 g/mol. The van der Waals surface area contributed by atoms with Crippen molar-refractivity contribution in [3.8, 4) is 0 Å². The molecule has 0 radical (unpaired) electrons. The average molecular weight is 290 g/mol. The summed E-state index contributed by atoms with van der Waals surface area (Å²) in [6.07, 6.45) is 5.71. The fraction of sp³-hybridized carbons (Fsp3) is 0.467. The molecule has 0 saturated carbocycles. The predicted octanol–water partition coefficient (Wildman–Crippen LogP) is 2.23. The maximum absolute atomic E-state index is 5.36. The number of nitrogens with zero attached hydrogens (tertiary/aromatic N) is 2. The van der Waals surface area contributed by atoms with Crippen LogP contribution in [-0.4, -0.2) is 28.8 Å². The molecule has 0 bridgehead atoms. The second-order valence-electron chi connectivity index (χ2n) is 5.25. The van der Waals surface area contributed by atoms with Crippen LogP contribution in [-0.2, 0) is 6.54 Å². The SMILES string of the molecule is CC1CCCCN1Cc1ccccc1C=NNC(N)=S. The molecule has 0 aromatic heterocycles. The zero-order valence-electron chi connectivity index (χ0n) is 11.9. The van der Waals surface area contributed by atoms with E-state index in [1.807, 2.05) is 6.07 Å².